The van der Waals surface area contributed by atoms with Gasteiger partial charge in [0.05, 0.1) is 6.54 Å². The average molecular weight is 664 g/mol. The van der Waals surface area contributed by atoms with Gasteiger partial charge in [0.1, 0.15) is 11.6 Å². The van der Waals surface area contributed by atoms with Crippen molar-refractivity contribution >= 4 is 52.7 Å². The van der Waals surface area contributed by atoms with Crippen molar-refractivity contribution in [1.29, 1.82) is 0 Å². The maximum atomic E-state index is 13.8. The van der Waals surface area contributed by atoms with Gasteiger partial charge in [-0.1, -0.05) is 60.8 Å². The van der Waals surface area contributed by atoms with Crippen LogP contribution in [0.3, 0.4) is 0 Å². The fourth-order valence-electron chi connectivity index (χ4n) is 5.12. The molecule has 0 aliphatic heterocycles. The summed E-state index contributed by atoms with van der Waals surface area (Å²) in [6, 6.07) is 17.7. The number of rotatable bonds is 13. The first-order valence-corrected chi connectivity index (χ1v) is 16.0. The highest BCUT2D eigenvalue weighted by Gasteiger charge is 2.23. The molecule has 0 saturated heterocycles. The van der Waals surface area contributed by atoms with Crippen molar-refractivity contribution in [2.75, 3.05) is 36.4 Å². The molecule has 11 heteroatoms. The Morgan fingerprint density at radius 3 is 2.39 bits per heavy atom. The smallest absolute Gasteiger partial charge is 0.409 e. The first-order valence-electron chi connectivity index (χ1n) is 15.3. The van der Waals surface area contributed by atoms with Crippen LogP contribution in [0.2, 0.25) is 10.0 Å². The van der Waals surface area contributed by atoms with Crippen LogP contribution in [0.1, 0.15) is 52.9 Å². The predicted molar refractivity (Wildman–Crippen MR) is 186 cm³/mol. The summed E-state index contributed by atoms with van der Waals surface area (Å²) >= 11 is 12.8. The third kappa shape index (κ3) is 9.42. The first kappa shape index (κ1) is 34.7. The van der Waals surface area contributed by atoms with Crippen LogP contribution < -0.4 is 20.3 Å². The number of aromatic nitrogens is 2. The van der Waals surface area contributed by atoms with Gasteiger partial charge in [-0.3, -0.25) is 9.69 Å². The fraction of sp³-hybridized carbons (Fsp3) is 0.314. The highest BCUT2D eigenvalue weighted by molar-refractivity contribution is 6.33. The highest BCUT2D eigenvalue weighted by atomic mass is 35.5. The van der Waals surface area contributed by atoms with Gasteiger partial charge >= 0.3 is 6.09 Å². The maximum absolute atomic E-state index is 13.8. The number of benzene rings is 3. The van der Waals surface area contributed by atoms with Crippen molar-refractivity contribution in [1.82, 2.24) is 20.2 Å². The topological polar surface area (TPSA) is 99.7 Å². The van der Waals surface area contributed by atoms with Gasteiger partial charge in [0.2, 0.25) is 5.95 Å². The average Bonchev–Trinajstić information content (AvgIpc) is 3.03. The van der Waals surface area contributed by atoms with Gasteiger partial charge in [-0.05, 0) is 106 Å². The molecular formula is C35H40Cl2N6O3. The summed E-state index contributed by atoms with van der Waals surface area (Å²) in [6.07, 6.45) is 1.77. The molecule has 0 unspecified atom stereocenters. The van der Waals surface area contributed by atoms with E-state index < -0.39 is 6.09 Å². The molecule has 3 aromatic carbocycles. The van der Waals surface area contributed by atoms with Crippen molar-refractivity contribution in [3.8, 4) is 5.75 Å². The Morgan fingerprint density at radius 1 is 0.935 bits per heavy atom. The van der Waals surface area contributed by atoms with Crippen molar-refractivity contribution in [2.45, 2.75) is 47.6 Å². The summed E-state index contributed by atoms with van der Waals surface area (Å²) in [4.78, 5) is 39.3. The molecular weight excluding hydrogens is 623 g/mol. The predicted octanol–water partition coefficient (Wildman–Crippen LogP) is 8.12. The Morgan fingerprint density at radius 2 is 1.67 bits per heavy atom. The van der Waals surface area contributed by atoms with Crippen LogP contribution in [0.4, 0.5) is 22.2 Å². The Labute approximate surface area is 280 Å². The third-order valence-electron chi connectivity index (χ3n) is 7.48. The second-order valence-electron chi connectivity index (χ2n) is 11.0. The lowest BCUT2D eigenvalue weighted by Gasteiger charge is -2.23. The number of hydrogen-bond acceptors (Lipinski definition) is 7. The summed E-state index contributed by atoms with van der Waals surface area (Å²) in [5.74, 6) is 0.829. The summed E-state index contributed by atoms with van der Waals surface area (Å²) in [7, 11) is 0. The number of anilines is 3. The highest BCUT2D eigenvalue weighted by Crippen LogP contribution is 2.29. The van der Waals surface area contributed by atoms with E-state index in [0.29, 0.717) is 39.2 Å². The standard InChI is InChI=1S/C35H40Cl2N6O3/c1-6-42(7-2)17-9-15-38-33(44)26-10-8-11-29(21-26)40-34-39-16-14-31(41-34)43(22-27-20-28(36)12-13-30(27)37)35(45)46-32-24(4)18-23(3)19-25(32)5/h8,10-14,16,18-21H,6-7,9,15,17,22H2,1-5H3,(H,38,44)(H,39,40,41). The van der Waals surface area contributed by atoms with E-state index in [-0.39, 0.29) is 24.2 Å². The van der Waals surface area contributed by atoms with E-state index in [2.05, 4.69) is 39.3 Å². The molecule has 0 fully saturated rings. The fourth-order valence-corrected chi connectivity index (χ4v) is 5.49. The summed E-state index contributed by atoms with van der Waals surface area (Å²) in [5.41, 5.74) is 4.49. The molecule has 2 N–H and O–H groups in total. The Bertz CT molecular complexity index is 1660. The molecule has 9 nitrogen and oxygen atoms in total. The molecule has 0 radical (unpaired) electrons. The molecule has 0 aliphatic rings. The van der Waals surface area contributed by atoms with Crippen LogP contribution >= 0.6 is 23.2 Å². The van der Waals surface area contributed by atoms with Crippen molar-refractivity contribution in [3.63, 3.8) is 0 Å². The molecule has 1 aromatic heterocycles. The zero-order valence-electron chi connectivity index (χ0n) is 26.9. The number of aryl methyl sites for hydroxylation is 3. The number of carbonyl (C=O) groups excluding carboxylic acids is 2. The number of halogens is 2. The SMILES string of the molecule is CCN(CC)CCCNC(=O)c1cccc(Nc2nccc(N(Cc3cc(Cl)ccc3Cl)C(=O)Oc3c(C)cc(C)cc3C)n2)c1. The van der Waals surface area contributed by atoms with E-state index in [4.69, 9.17) is 27.9 Å². The van der Waals surface area contributed by atoms with E-state index in [0.717, 1.165) is 42.7 Å². The number of hydrogen-bond donors (Lipinski definition) is 2. The van der Waals surface area contributed by atoms with Crippen molar-refractivity contribution in [2.24, 2.45) is 0 Å². The quantitative estimate of drug-likeness (QED) is 0.139. The zero-order chi connectivity index (χ0) is 33.2. The Balaban J connectivity index is 1.55. The number of ether oxygens (including phenoxy) is 1. The van der Waals surface area contributed by atoms with Crippen LogP contribution in [-0.4, -0.2) is 53.0 Å². The minimum absolute atomic E-state index is 0.0442. The Kier molecular flexibility index (Phi) is 12.4. The first-order chi connectivity index (χ1) is 22.1. The number of amides is 2. The molecule has 0 spiro atoms. The molecule has 4 aromatic rings. The summed E-state index contributed by atoms with van der Waals surface area (Å²) in [5, 5.41) is 7.07. The second-order valence-corrected chi connectivity index (χ2v) is 11.8. The molecule has 4 rings (SSSR count). The summed E-state index contributed by atoms with van der Waals surface area (Å²) in [6.45, 7) is 13.6. The molecule has 242 valence electrons. The van der Waals surface area contributed by atoms with E-state index in [1.54, 1.807) is 48.7 Å². The van der Waals surface area contributed by atoms with E-state index in [9.17, 15) is 9.59 Å². The van der Waals surface area contributed by atoms with Crippen LogP contribution in [-0.2, 0) is 6.54 Å². The zero-order valence-corrected chi connectivity index (χ0v) is 28.4. The van der Waals surface area contributed by atoms with Gasteiger partial charge in [0.15, 0.2) is 0 Å². The lowest BCUT2D eigenvalue weighted by Crippen LogP contribution is -2.34. The molecule has 0 aliphatic carbocycles. The minimum Gasteiger partial charge on any atom is -0.409 e. The van der Waals surface area contributed by atoms with Gasteiger partial charge in [0, 0.05) is 34.0 Å². The van der Waals surface area contributed by atoms with Gasteiger partial charge < -0.3 is 20.3 Å². The Hall–Kier alpha value is -4.18. The van der Waals surface area contributed by atoms with E-state index >= 15 is 0 Å². The normalized spacial score (nSPS) is 11.0. The van der Waals surface area contributed by atoms with Crippen LogP contribution in [0, 0.1) is 20.8 Å². The minimum atomic E-state index is -0.643. The lowest BCUT2D eigenvalue weighted by molar-refractivity contribution is 0.0951. The van der Waals surface area contributed by atoms with Crippen LogP contribution in [0.5, 0.6) is 5.75 Å². The molecule has 0 saturated carbocycles. The molecule has 0 atom stereocenters. The largest absolute Gasteiger partial charge is 0.421 e. The van der Waals surface area contributed by atoms with Crippen LogP contribution in [0.15, 0.2) is 66.9 Å². The van der Waals surface area contributed by atoms with E-state index in [1.807, 2.05) is 39.0 Å². The molecule has 46 heavy (non-hydrogen) atoms. The molecule has 0 bridgehead atoms. The van der Waals surface area contributed by atoms with E-state index in [1.165, 1.54) is 4.90 Å². The van der Waals surface area contributed by atoms with Crippen molar-refractivity contribution in [3.05, 3.63) is 105 Å². The molecule has 2 amide bonds. The van der Waals surface area contributed by atoms with Crippen LogP contribution in [0.25, 0.3) is 0 Å². The maximum Gasteiger partial charge on any atom is 0.421 e. The summed E-state index contributed by atoms with van der Waals surface area (Å²) < 4.78 is 5.94. The number of nitrogens with one attached hydrogen (secondary N) is 2. The monoisotopic (exact) mass is 662 g/mol. The lowest BCUT2D eigenvalue weighted by atomic mass is 10.1. The number of nitrogens with zero attached hydrogens (tertiary/aromatic N) is 4. The third-order valence-corrected chi connectivity index (χ3v) is 8.08. The van der Waals surface area contributed by atoms with Crippen molar-refractivity contribution < 1.29 is 14.3 Å². The van der Waals surface area contributed by atoms with Gasteiger partial charge in [-0.15, -0.1) is 0 Å². The van der Waals surface area contributed by atoms with Gasteiger partial charge in [0.25, 0.3) is 5.91 Å². The molecule has 1 heterocycles. The van der Waals surface area contributed by atoms with Gasteiger partial charge in [-0.25, -0.2) is 9.78 Å². The van der Waals surface area contributed by atoms with Gasteiger partial charge in [-0.2, -0.15) is 4.98 Å². The second kappa shape index (κ2) is 16.4. The number of carbonyl (C=O) groups is 2.